The van der Waals surface area contributed by atoms with Gasteiger partial charge in [0.25, 0.3) is 0 Å². The van der Waals surface area contributed by atoms with E-state index in [9.17, 15) is 9.59 Å². The first kappa shape index (κ1) is 19.6. The fourth-order valence-corrected chi connectivity index (χ4v) is 3.28. The van der Waals surface area contributed by atoms with Crippen LogP contribution in [-0.2, 0) is 27.3 Å². The Hall–Kier alpha value is -3.14. The van der Waals surface area contributed by atoms with Crippen molar-refractivity contribution < 1.29 is 14.3 Å². The second kappa shape index (κ2) is 9.70. The van der Waals surface area contributed by atoms with Gasteiger partial charge in [0.15, 0.2) is 0 Å². The molecule has 0 spiro atoms. The van der Waals surface area contributed by atoms with E-state index in [-0.39, 0.29) is 18.3 Å². The third kappa shape index (κ3) is 5.19. The lowest BCUT2D eigenvalue weighted by molar-refractivity contribution is -0.144. The van der Waals surface area contributed by atoms with Crippen molar-refractivity contribution >= 4 is 22.6 Å². The van der Waals surface area contributed by atoms with Gasteiger partial charge in [-0.1, -0.05) is 72.8 Å². The number of carbonyl (C=O) groups excluding carboxylic acids is 2. The first-order valence-corrected chi connectivity index (χ1v) is 9.61. The molecular formula is C24H25NO3. The van der Waals surface area contributed by atoms with Crippen LogP contribution in [0.1, 0.15) is 24.5 Å². The van der Waals surface area contributed by atoms with Crippen LogP contribution in [0.25, 0.3) is 10.8 Å². The highest BCUT2D eigenvalue weighted by Crippen LogP contribution is 2.20. The molecule has 0 unspecified atom stereocenters. The van der Waals surface area contributed by atoms with Crippen LogP contribution in [0.5, 0.6) is 0 Å². The molecule has 3 rings (SSSR count). The molecule has 28 heavy (non-hydrogen) atoms. The quantitative estimate of drug-likeness (QED) is 0.550. The summed E-state index contributed by atoms with van der Waals surface area (Å²) in [7, 11) is 0. The number of rotatable bonds is 8. The van der Waals surface area contributed by atoms with E-state index in [1.54, 1.807) is 11.8 Å². The van der Waals surface area contributed by atoms with Crippen molar-refractivity contribution in [2.45, 2.75) is 26.3 Å². The van der Waals surface area contributed by atoms with E-state index < -0.39 is 0 Å². The molecule has 0 heterocycles. The van der Waals surface area contributed by atoms with Crippen LogP contribution in [0, 0.1) is 0 Å². The van der Waals surface area contributed by atoms with Crippen LogP contribution < -0.4 is 0 Å². The third-order valence-corrected chi connectivity index (χ3v) is 4.68. The minimum Gasteiger partial charge on any atom is -0.466 e. The second-order valence-electron chi connectivity index (χ2n) is 6.67. The zero-order chi connectivity index (χ0) is 19.8. The number of benzene rings is 3. The highest BCUT2D eigenvalue weighted by Gasteiger charge is 2.17. The van der Waals surface area contributed by atoms with E-state index in [2.05, 4.69) is 0 Å². The third-order valence-electron chi connectivity index (χ3n) is 4.68. The summed E-state index contributed by atoms with van der Waals surface area (Å²) in [6.45, 7) is 2.95. The summed E-state index contributed by atoms with van der Waals surface area (Å²) >= 11 is 0. The smallest absolute Gasteiger partial charge is 0.307 e. The minimum absolute atomic E-state index is 0.00417. The molecule has 0 bridgehead atoms. The number of hydrogen-bond acceptors (Lipinski definition) is 3. The second-order valence-corrected chi connectivity index (χ2v) is 6.67. The van der Waals surface area contributed by atoms with Gasteiger partial charge in [-0.05, 0) is 28.8 Å². The molecule has 0 aliphatic heterocycles. The van der Waals surface area contributed by atoms with Crippen molar-refractivity contribution in [2.24, 2.45) is 0 Å². The van der Waals surface area contributed by atoms with Gasteiger partial charge in [-0.3, -0.25) is 9.59 Å². The number of hydrogen-bond donors (Lipinski definition) is 0. The van der Waals surface area contributed by atoms with Crippen LogP contribution in [0.2, 0.25) is 0 Å². The van der Waals surface area contributed by atoms with Gasteiger partial charge >= 0.3 is 5.97 Å². The van der Waals surface area contributed by atoms with Gasteiger partial charge in [0.05, 0.1) is 19.4 Å². The summed E-state index contributed by atoms with van der Waals surface area (Å²) in [4.78, 5) is 26.6. The van der Waals surface area contributed by atoms with Crippen molar-refractivity contribution in [2.75, 3.05) is 13.2 Å². The maximum Gasteiger partial charge on any atom is 0.307 e. The molecule has 0 aliphatic rings. The van der Waals surface area contributed by atoms with Gasteiger partial charge in [0.1, 0.15) is 0 Å². The van der Waals surface area contributed by atoms with E-state index in [1.165, 1.54) is 0 Å². The summed E-state index contributed by atoms with van der Waals surface area (Å²) in [6.07, 6.45) is 0.499. The Bertz CT molecular complexity index is 931. The summed E-state index contributed by atoms with van der Waals surface area (Å²) in [5.74, 6) is -0.275. The molecule has 1 amide bonds. The fourth-order valence-electron chi connectivity index (χ4n) is 3.28. The Kier molecular flexibility index (Phi) is 6.79. The molecule has 0 saturated heterocycles. The van der Waals surface area contributed by atoms with E-state index in [1.807, 2.05) is 72.8 Å². The van der Waals surface area contributed by atoms with E-state index >= 15 is 0 Å². The largest absolute Gasteiger partial charge is 0.466 e. The predicted octanol–water partition coefficient (Wildman–Crippen LogP) is 4.36. The van der Waals surface area contributed by atoms with Crippen molar-refractivity contribution in [3.8, 4) is 0 Å². The first-order valence-electron chi connectivity index (χ1n) is 9.61. The SMILES string of the molecule is CCOC(=O)CCN(Cc1ccccc1)C(=O)Cc1cccc2ccccc12. The lowest BCUT2D eigenvalue weighted by atomic mass is 10.0. The van der Waals surface area contributed by atoms with Gasteiger partial charge in [0.2, 0.25) is 5.91 Å². The molecule has 3 aromatic carbocycles. The topological polar surface area (TPSA) is 46.6 Å². The summed E-state index contributed by atoms with van der Waals surface area (Å²) in [5, 5.41) is 2.21. The molecule has 4 heteroatoms. The lowest BCUT2D eigenvalue weighted by Gasteiger charge is -2.23. The molecule has 0 saturated carbocycles. The number of esters is 1. The van der Waals surface area contributed by atoms with Crippen molar-refractivity contribution in [1.29, 1.82) is 0 Å². The maximum atomic E-state index is 13.1. The van der Waals surface area contributed by atoms with Crippen LogP contribution in [0.4, 0.5) is 0 Å². The Morgan fingerprint density at radius 2 is 1.61 bits per heavy atom. The molecule has 0 fully saturated rings. The first-order chi connectivity index (χ1) is 13.7. The van der Waals surface area contributed by atoms with Gasteiger partial charge in [-0.15, -0.1) is 0 Å². The Morgan fingerprint density at radius 1 is 0.893 bits per heavy atom. The Morgan fingerprint density at radius 3 is 2.39 bits per heavy atom. The molecule has 0 N–H and O–H groups in total. The molecule has 4 nitrogen and oxygen atoms in total. The molecule has 0 atom stereocenters. The summed E-state index contributed by atoms with van der Waals surface area (Å²) < 4.78 is 5.02. The number of ether oxygens (including phenoxy) is 1. The predicted molar refractivity (Wildman–Crippen MR) is 111 cm³/mol. The van der Waals surface area contributed by atoms with Gasteiger partial charge in [0, 0.05) is 13.1 Å². The van der Waals surface area contributed by atoms with Crippen LogP contribution >= 0.6 is 0 Å². The number of carbonyl (C=O) groups is 2. The van der Waals surface area contributed by atoms with Gasteiger partial charge < -0.3 is 9.64 Å². The maximum absolute atomic E-state index is 13.1. The Balaban J connectivity index is 1.77. The zero-order valence-corrected chi connectivity index (χ0v) is 16.1. The van der Waals surface area contributed by atoms with Crippen molar-refractivity contribution in [3.63, 3.8) is 0 Å². The fraction of sp³-hybridized carbons (Fsp3) is 0.250. The molecule has 0 aliphatic carbocycles. The Labute approximate surface area is 165 Å². The molecule has 144 valence electrons. The normalized spacial score (nSPS) is 10.6. The average Bonchev–Trinajstić information content (AvgIpc) is 2.72. The molecular weight excluding hydrogens is 350 g/mol. The van der Waals surface area contributed by atoms with E-state index in [0.29, 0.717) is 26.1 Å². The highest BCUT2D eigenvalue weighted by atomic mass is 16.5. The monoisotopic (exact) mass is 375 g/mol. The van der Waals surface area contributed by atoms with Crippen molar-refractivity contribution in [1.82, 2.24) is 4.90 Å². The minimum atomic E-state index is -0.279. The van der Waals surface area contributed by atoms with Gasteiger partial charge in [-0.25, -0.2) is 0 Å². The molecule has 0 radical (unpaired) electrons. The van der Waals surface area contributed by atoms with E-state index in [4.69, 9.17) is 4.74 Å². The number of amides is 1. The van der Waals surface area contributed by atoms with Gasteiger partial charge in [-0.2, -0.15) is 0 Å². The molecule has 0 aromatic heterocycles. The molecule has 3 aromatic rings. The van der Waals surface area contributed by atoms with Crippen LogP contribution in [-0.4, -0.2) is 29.9 Å². The number of fused-ring (bicyclic) bond motifs is 1. The van der Waals surface area contributed by atoms with Crippen molar-refractivity contribution in [3.05, 3.63) is 83.9 Å². The summed E-state index contributed by atoms with van der Waals surface area (Å²) in [5.41, 5.74) is 2.04. The zero-order valence-electron chi connectivity index (χ0n) is 16.1. The lowest BCUT2D eigenvalue weighted by Crippen LogP contribution is -2.34. The highest BCUT2D eigenvalue weighted by molar-refractivity contribution is 5.90. The van der Waals surface area contributed by atoms with E-state index in [0.717, 1.165) is 21.9 Å². The standard InChI is InChI=1S/C24H25NO3/c1-2-28-24(27)15-16-25(18-19-9-4-3-5-10-19)23(26)17-21-13-8-12-20-11-6-7-14-22(20)21/h3-14H,2,15-18H2,1H3. The summed E-state index contributed by atoms with van der Waals surface area (Å²) in [6, 6.07) is 23.9. The number of nitrogens with zero attached hydrogens (tertiary/aromatic N) is 1. The van der Waals surface area contributed by atoms with Crippen LogP contribution in [0.3, 0.4) is 0 Å². The average molecular weight is 375 g/mol. The van der Waals surface area contributed by atoms with Crippen LogP contribution in [0.15, 0.2) is 72.8 Å².